The molecule has 0 amide bonds. The SMILES string of the molecule is CCC(N[C@@H](C)c1ccc(F)cc1)c1ccc(F)cn1. The first-order valence-electron chi connectivity index (χ1n) is 6.73. The minimum Gasteiger partial charge on any atom is -0.302 e. The summed E-state index contributed by atoms with van der Waals surface area (Å²) in [6.07, 6.45) is 2.06. The van der Waals surface area contributed by atoms with Gasteiger partial charge in [-0.2, -0.15) is 0 Å². The lowest BCUT2D eigenvalue weighted by Crippen LogP contribution is -2.25. The number of hydrogen-bond donors (Lipinski definition) is 1. The van der Waals surface area contributed by atoms with Crippen LogP contribution in [0.4, 0.5) is 8.78 Å². The first kappa shape index (κ1) is 14.6. The van der Waals surface area contributed by atoms with Crippen molar-refractivity contribution in [1.29, 1.82) is 0 Å². The Hall–Kier alpha value is -1.81. The third-order valence-corrected chi connectivity index (χ3v) is 3.34. The van der Waals surface area contributed by atoms with Crippen LogP contribution >= 0.6 is 0 Å². The molecule has 0 spiro atoms. The number of nitrogens with one attached hydrogen (secondary N) is 1. The molecular formula is C16H18F2N2. The van der Waals surface area contributed by atoms with Crippen LogP contribution in [0.25, 0.3) is 0 Å². The van der Waals surface area contributed by atoms with Crippen LogP contribution in [-0.2, 0) is 0 Å². The van der Waals surface area contributed by atoms with Gasteiger partial charge in [-0.3, -0.25) is 4.98 Å². The molecule has 1 aromatic heterocycles. The zero-order valence-corrected chi connectivity index (χ0v) is 11.6. The summed E-state index contributed by atoms with van der Waals surface area (Å²) >= 11 is 0. The second-order valence-electron chi connectivity index (χ2n) is 4.80. The molecule has 0 fully saturated rings. The highest BCUT2D eigenvalue weighted by atomic mass is 19.1. The standard InChI is InChI=1S/C16H18F2N2/c1-3-15(16-9-8-14(18)10-19-16)20-11(2)12-4-6-13(17)7-5-12/h4-11,15,20H,3H2,1-2H3/t11-,15?/m0/s1. The van der Waals surface area contributed by atoms with E-state index in [1.54, 1.807) is 18.2 Å². The Morgan fingerprint density at radius 1 is 1.05 bits per heavy atom. The van der Waals surface area contributed by atoms with Crippen LogP contribution in [0.1, 0.15) is 43.6 Å². The number of benzene rings is 1. The van der Waals surface area contributed by atoms with Crippen LogP contribution in [0.15, 0.2) is 42.6 Å². The second-order valence-corrected chi connectivity index (χ2v) is 4.80. The molecule has 1 unspecified atom stereocenters. The van der Waals surface area contributed by atoms with E-state index in [4.69, 9.17) is 0 Å². The number of nitrogens with zero attached hydrogens (tertiary/aromatic N) is 1. The van der Waals surface area contributed by atoms with Crippen molar-refractivity contribution >= 4 is 0 Å². The maximum Gasteiger partial charge on any atom is 0.141 e. The third kappa shape index (κ3) is 3.61. The highest BCUT2D eigenvalue weighted by Crippen LogP contribution is 2.21. The van der Waals surface area contributed by atoms with Crippen molar-refractivity contribution in [3.63, 3.8) is 0 Å². The fourth-order valence-electron chi connectivity index (χ4n) is 2.16. The summed E-state index contributed by atoms with van der Waals surface area (Å²) < 4.78 is 25.8. The van der Waals surface area contributed by atoms with Crippen LogP contribution in [0, 0.1) is 11.6 Å². The maximum absolute atomic E-state index is 12.9. The second kappa shape index (κ2) is 6.57. The molecule has 4 heteroatoms. The van der Waals surface area contributed by atoms with Crippen molar-refractivity contribution in [2.45, 2.75) is 32.4 Å². The van der Waals surface area contributed by atoms with E-state index >= 15 is 0 Å². The molecule has 2 rings (SSSR count). The zero-order valence-electron chi connectivity index (χ0n) is 11.6. The van der Waals surface area contributed by atoms with E-state index < -0.39 is 0 Å². The average molecular weight is 276 g/mol. The first-order valence-corrected chi connectivity index (χ1v) is 6.73. The lowest BCUT2D eigenvalue weighted by atomic mass is 10.0. The molecule has 2 nitrogen and oxygen atoms in total. The zero-order chi connectivity index (χ0) is 14.5. The van der Waals surface area contributed by atoms with E-state index in [-0.39, 0.29) is 23.7 Å². The van der Waals surface area contributed by atoms with Gasteiger partial charge in [0.1, 0.15) is 11.6 Å². The van der Waals surface area contributed by atoms with Crippen molar-refractivity contribution < 1.29 is 8.78 Å². The Balaban J connectivity index is 2.09. The molecule has 106 valence electrons. The highest BCUT2D eigenvalue weighted by molar-refractivity contribution is 5.20. The van der Waals surface area contributed by atoms with E-state index in [2.05, 4.69) is 10.3 Å². The van der Waals surface area contributed by atoms with Crippen LogP contribution in [0.3, 0.4) is 0 Å². The van der Waals surface area contributed by atoms with Gasteiger partial charge in [0.15, 0.2) is 0 Å². The monoisotopic (exact) mass is 276 g/mol. The molecule has 0 bridgehead atoms. The van der Waals surface area contributed by atoms with E-state index in [0.29, 0.717) is 0 Å². The van der Waals surface area contributed by atoms with Crippen LogP contribution < -0.4 is 5.32 Å². The van der Waals surface area contributed by atoms with E-state index in [9.17, 15) is 8.78 Å². The maximum atomic E-state index is 12.9. The summed E-state index contributed by atoms with van der Waals surface area (Å²) in [5.74, 6) is -0.580. The largest absolute Gasteiger partial charge is 0.302 e. The molecule has 1 aromatic carbocycles. The van der Waals surface area contributed by atoms with Gasteiger partial charge >= 0.3 is 0 Å². The van der Waals surface area contributed by atoms with E-state index in [1.807, 2.05) is 13.8 Å². The van der Waals surface area contributed by atoms with Gasteiger partial charge in [0.2, 0.25) is 0 Å². The Bertz CT molecular complexity index is 537. The predicted molar refractivity (Wildman–Crippen MR) is 75.2 cm³/mol. The first-order chi connectivity index (χ1) is 9.60. The Labute approximate surface area is 117 Å². The number of halogens is 2. The lowest BCUT2D eigenvalue weighted by molar-refractivity contribution is 0.446. The molecule has 0 radical (unpaired) electrons. The van der Waals surface area contributed by atoms with E-state index in [1.165, 1.54) is 24.4 Å². The summed E-state index contributed by atoms with van der Waals surface area (Å²) in [7, 11) is 0. The van der Waals surface area contributed by atoms with Crippen molar-refractivity contribution in [1.82, 2.24) is 10.3 Å². The highest BCUT2D eigenvalue weighted by Gasteiger charge is 2.15. The fraction of sp³-hybridized carbons (Fsp3) is 0.312. The van der Waals surface area contributed by atoms with Crippen molar-refractivity contribution in [3.8, 4) is 0 Å². The minimum atomic E-state index is -0.338. The van der Waals surface area contributed by atoms with E-state index in [0.717, 1.165) is 17.7 Å². The molecule has 0 saturated carbocycles. The number of pyridine rings is 1. The van der Waals surface area contributed by atoms with Crippen molar-refractivity contribution in [3.05, 3.63) is 65.5 Å². The molecule has 1 N–H and O–H groups in total. The molecule has 0 aliphatic carbocycles. The Morgan fingerprint density at radius 2 is 1.70 bits per heavy atom. The van der Waals surface area contributed by atoms with Crippen molar-refractivity contribution in [2.75, 3.05) is 0 Å². The van der Waals surface area contributed by atoms with Gasteiger partial charge in [-0.25, -0.2) is 8.78 Å². The smallest absolute Gasteiger partial charge is 0.141 e. The van der Waals surface area contributed by atoms with Gasteiger partial charge in [-0.15, -0.1) is 0 Å². The predicted octanol–water partition coefficient (Wildman–Crippen LogP) is 4.16. The van der Waals surface area contributed by atoms with Gasteiger partial charge in [-0.1, -0.05) is 19.1 Å². The fourth-order valence-corrected chi connectivity index (χ4v) is 2.16. The summed E-state index contributed by atoms with van der Waals surface area (Å²) in [4.78, 5) is 4.11. The van der Waals surface area contributed by atoms with Crippen LogP contribution in [0.2, 0.25) is 0 Å². The molecule has 0 saturated heterocycles. The van der Waals surface area contributed by atoms with Gasteiger partial charge < -0.3 is 5.32 Å². The minimum absolute atomic E-state index is 0.0376. The number of rotatable bonds is 5. The summed E-state index contributed by atoms with van der Waals surface area (Å²) in [5.41, 5.74) is 1.81. The molecule has 0 aliphatic heterocycles. The molecule has 2 atom stereocenters. The van der Waals surface area contributed by atoms with Crippen LogP contribution in [0.5, 0.6) is 0 Å². The molecule has 20 heavy (non-hydrogen) atoms. The summed E-state index contributed by atoms with van der Waals surface area (Å²) in [5, 5.41) is 3.43. The molecule has 1 heterocycles. The number of aromatic nitrogens is 1. The van der Waals surface area contributed by atoms with Gasteiger partial charge in [-0.05, 0) is 43.2 Å². The topological polar surface area (TPSA) is 24.9 Å². The molecule has 2 aromatic rings. The number of hydrogen-bond acceptors (Lipinski definition) is 2. The summed E-state index contributed by atoms with van der Waals surface area (Å²) in [6.45, 7) is 4.06. The quantitative estimate of drug-likeness (QED) is 0.887. The average Bonchev–Trinajstić information content (AvgIpc) is 2.46. The van der Waals surface area contributed by atoms with Crippen molar-refractivity contribution in [2.24, 2.45) is 0 Å². The van der Waals surface area contributed by atoms with Gasteiger partial charge in [0.05, 0.1) is 11.9 Å². The third-order valence-electron chi connectivity index (χ3n) is 3.34. The normalized spacial score (nSPS) is 14.0. The lowest BCUT2D eigenvalue weighted by Gasteiger charge is -2.22. The Kier molecular flexibility index (Phi) is 4.79. The molecule has 0 aliphatic rings. The van der Waals surface area contributed by atoms with Crippen LogP contribution in [-0.4, -0.2) is 4.98 Å². The Morgan fingerprint density at radius 3 is 2.25 bits per heavy atom. The van der Waals surface area contributed by atoms with Gasteiger partial charge in [0.25, 0.3) is 0 Å². The summed E-state index contributed by atoms with van der Waals surface area (Å²) in [6, 6.07) is 9.62. The van der Waals surface area contributed by atoms with Gasteiger partial charge in [0, 0.05) is 12.1 Å². The molecular weight excluding hydrogens is 258 g/mol.